The number of anilines is 3. The molecule has 2 N–H and O–H groups in total. The summed E-state index contributed by atoms with van der Waals surface area (Å²) in [5.74, 6) is -0.540. The Hall–Kier alpha value is -3.67. The number of aliphatic hydroxyl groups is 1. The highest BCUT2D eigenvalue weighted by Gasteiger charge is 2.33. The number of ether oxygens (including phenoxy) is 1. The fourth-order valence-corrected chi connectivity index (χ4v) is 3.15. The number of halogens is 1. The van der Waals surface area contributed by atoms with E-state index in [1.165, 1.54) is 29.6 Å². The maximum absolute atomic E-state index is 14.7. The van der Waals surface area contributed by atoms with E-state index in [1.807, 2.05) is 0 Å². The molecular weight excluding hydrogens is 399 g/mol. The molecule has 30 heavy (non-hydrogen) atoms. The first-order valence-electron chi connectivity index (χ1n) is 9.19. The van der Waals surface area contributed by atoms with Crippen molar-refractivity contribution in [3.05, 3.63) is 36.3 Å². The van der Waals surface area contributed by atoms with Gasteiger partial charge in [-0.25, -0.2) is 14.2 Å². The third kappa shape index (κ3) is 4.03. The van der Waals surface area contributed by atoms with Gasteiger partial charge in [0, 0.05) is 12.6 Å². The molecule has 2 aromatic rings. The molecule has 12 heteroatoms. The van der Waals surface area contributed by atoms with Crippen LogP contribution in [0.5, 0.6) is 0 Å². The van der Waals surface area contributed by atoms with E-state index in [9.17, 15) is 14.0 Å². The van der Waals surface area contributed by atoms with Crippen molar-refractivity contribution in [2.24, 2.45) is 5.10 Å². The molecule has 1 aromatic carbocycles. The number of benzene rings is 1. The number of hydrazone groups is 1. The van der Waals surface area contributed by atoms with Gasteiger partial charge in [0.25, 0.3) is 5.91 Å². The highest BCUT2D eigenvalue weighted by atomic mass is 19.1. The molecule has 0 radical (unpaired) electrons. The van der Waals surface area contributed by atoms with E-state index >= 15 is 0 Å². The summed E-state index contributed by atoms with van der Waals surface area (Å²) >= 11 is 0. The van der Waals surface area contributed by atoms with Gasteiger partial charge in [-0.1, -0.05) is 5.16 Å². The fourth-order valence-electron chi connectivity index (χ4n) is 3.15. The minimum Gasteiger partial charge on any atom is -0.442 e. The second kappa shape index (κ2) is 8.37. The van der Waals surface area contributed by atoms with Gasteiger partial charge in [0.2, 0.25) is 0 Å². The molecule has 0 spiro atoms. The van der Waals surface area contributed by atoms with Gasteiger partial charge >= 0.3 is 6.09 Å². The molecule has 1 saturated heterocycles. The molecule has 2 aliphatic rings. The molecule has 1 fully saturated rings. The van der Waals surface area contributed by atoms with Crippen LogP contribution in [0.25, 0.3) is 0 Å². The lowest BCUT2D eigenvalue weighted by Gasteiger charge is -2.28. The Bertz CT molecular complexity index is 953. The van der Waals surface area contributed by atoms with Crippen molar-refractivity contribution in [3.8, 4) is 0 Å². The summed E-state index contributed by atoms with van der Waals surface area (Å²) in [5.41, 5.74) is 0.631. The molecule has 2 amide bonds. The minimum absolute atomic E-state index is 0.218. The third-order valence-electron chi connectivity index (χ3n) is 4.68. The number of hydrogen-bond acceptors (Lipinski definition) is 9. The largest absolute Gasteiger partial charge is 0.442 e. The summed E-state index contributed by atoms with van der Waals surface area (Å²) in [4.78, 5) is 26.6. The third-order valence-corrected chi connectivity index (χ3v) is 4.68. The molecule has 2 aliphatic heterocycles. The molecule has 4 rings (SSSR count). The summed E-state index contributed by atoms with van der Waals surface area (Å²) in [6.07, 6.45) is 1.76. The first-order chi connectivity index (χ1) is 14.5. The van der Waals surface area contributed by atoms with Crippen molar-refractivity contribution in [1.29, 1.82) is 0 Å². The van der Waals surface area contributed by atoms with Crippen LogP contribution in [0.4, 0.5) is 26.4 Å². The fraction of sp³-hybridized carbons (Fsp3) is 0.333. The van der Waals surface area contributed by atoms with Crippen LogP contribution >= 0.6 is 0 Å². The zero-order valence-electron chi connectivity index (χ0n) is 15.8. The Morgan fingerprint density at radius 3 is 2.87 bits per heavy atom. The van der Waals surface area contributed by atoms with Crippen LogP contribution in [0.3, 0.4) is 0 Å². The summed E-state index contributed by atoms with van der Waals surface area (Å²) in [5, 5.41) is 20.6. The van der Waals surface area contributed by atoms with E-state index in [4.69, 9.17) is 14.4 Å². The number of carbonyl (C=O) groups is 2. The van der Waals surface area contributed by atoms with Crippen molar-refractivity contribution in [2.45, 2.75) is 6.10 Å². The number of hydrogen-bond donors (Lipinski definition) is 2. The number of carbonyl (C=O) groups excluding carboxylic acids is 2. The van der Waals surface area contributed by atoms with Crippen molar-refractivity contribution in [3.63, 3.8) is 0 Å². The maximum Gasteiger partial charge on any atom is 0.414 e. The SMILES string of the molecule is O=C(CO)N1CCN(c2ccc(N3C[C@H](CNc4ccon4)OC3=O)cc2F)C=N1. The van der Waals surface area contributed by atoms with Crippen molar-refractivity contribution in [1.82, 2.24) is 10.2 Å². The Balaban J connectivity index is 1.40. The van der Waals surface area contributed by atoms with Crippen LogP contribution in [0.2, 0.25) is 0 Å². The second-order valence-corrected chi connectivity index (χ2v) is 6.62. The summed E-state index contributed by atoms with van der Waals surface area (Å²) in [6, 6.07) is 6.05. The lowest BCUT2D eigenvalue weighted by Crippen LogP contribution is -2.42. The lowest BCUT2D eigenvalue weighted by atomic mass is 10.2. The van der Waals surface area contributed by atoms with E-state index in [0.29, 0.717) is 24.6 Å². The van der Waals surface area contributed by atoms with Gasteiger partial charge in [-0.2, -0.15) is 5.10 Å². The van der Waals surface area contributed by atoms with E-state index < -0.39 is 30.5 Å². The molecule has 0 unspecified atom stereocenters. The number of cyclic esters (lactones) is 1. The van der Waals surface area contributed by atoms with E-state index in [-0.39, 0.29) is 18.8 Å². The highest BCUT2D eigenvalue weighted by molar-refractivity contribution is 5.91. The van der Waals surface area contributed by atoms with E-state index in [1.54, 1.807) is 17.0 Å². The van der Waals surface area contributed by atoms with E-state index in [0.717, 1.165) is 5.01 Å². The molecule has 11 nitrogen and oxygen atoms in total. The molecule has 0 saturated carbocycles. The molecule has 0 bridgehead atoms. The number of aromatic nitrogens is 1. The predicted molar refractivity (Wildman–Crippen MR) is 104 cm³/mol. The number of rotatable bonds is 6. The Morgan fingerprint density at radius 2 is 2.20 bits per heavy atom. The van der Waals surface area contributed by atoms with Crippen LogP contribution in [-0.4, -0.2) is 72.5 Å². The second-order valence-electron chi connectivity index (χ2n) is 6.62. The topological polar surface area (TPSA) is 124 Å². The number of nitrogens with zero attached hydrogens (tertiary/aromatic N) is 5. The number of nitrogens with one attached hydrogen (secondary N) is 1. The maximum atomic E-state index is 14.7. The first-order valence-corrected chi connectivity index (χ1v) is 9.19. The average molecular weight is 418 g/mol. The van der Waals surface area contributed by atoms with Gasteiger partial charge in [-0.15, -0.1) is 0 Å². The van der Waals surface area contributed by atoms with Gasteiger partial charge in [0.1, 0.15) is 31.1 Å². The molecule has 0 aliphatic carbocycles. The Kier molecular flexibility index (Phi) is 5.48. The van der Waals surface area contributed by atoms with Gasteiger partial charge < -0.3 is 24.6 Å². The normalized spacial score (nSPS) is 18.7. The summed E-state index contributed by atoms with van der Waals surface area (Å²) in [6.45, 7) is 0.485. The zero-order chi connectivity index (χ0) is 21.1. The van der Waals surface area contributed by atoms with Crippen molar-refractivity contribution >= 4 is 35.5 Å². The number of amides is 2. The molecular formula is C18H19FN6O5. The van der Waals surface area contributed by atoms with Gasteiger partial charge in [0.15, 0.2) is 5.82 Å². The van der Waals surface area contributed by atoms with Gasteiger partial charge in [-0.05, 0) is 18.2 Å². The molecule has 1 aromatic heterocycles. The van der Waals surface area contributed by atoms with E-state index in [2.05, 4.69) is 15.6 Å². The molecule has 3 heterocycles. The van der Waals surface area contributed by atoms with Crippen LogP contribution in [0.15, 0.2) is 40.2 Å². The zero-order valence-corrected chi connectivity index (χ0v) is 15.8. The number of aliphatic hydroxyl groups excluding tert-OH is 1. The summed E-state index contributed by atoms with van der Waals surface area (Å²) in [7, 11) is 0. The average Bonchev–Trinajstić information content (AvgIpc) is 3.41. The predicted octanol–water partition coefficient (Wildman–Crippen LogP) is 0.835. The Morgan fingerprint density at radius 1 is 1.33 bits per heavy atom. The van der Waals surface area contributed by atoms with Crippen LogP contribution in [-0.2, 0) is 9.53 Å². The van der Waals surface area contributed by atoms with Crippen LogP contribution < -0.4 is 15.1 Å². The quantitative estimate of drug-likeness (QED) is 0.707. The monoisotopic (exact) mass is 418 g/mol. The van der Waals surface area contributed by atoms with Crippen LogP contribution in [0, 0.1) is 5.82 Å². The van der Waals surface area contributed by atoms with Gasteiger partial charge in [-0.3, -0.25) is 9.69 Å². The highest BCUT2D eigenvalue weighted by Crippen LogP contribution is 2.28. The van der Waals surface area contributed by atoms with Gasteiger partial charge in [0.05, 0.1) is 31.0 Å². The van der Waals surface area contributed by atoms with Crippen molar-refractivity contribution < 1.29 is 28.3 Å². The standard InChI is InChI=1S/C18H19FN6O5/c19-14-7-12(1-2-15(14)23-4-5-25(21-11-23)17(27)10-26)24-9-13(30-18(24)28)8-20-16-3-6-29-22-16/h1-3,6-7,11,13,26H,4-5,8-10H2,(H,20,22)/t13-/m0/s1. The smallest absolute Gasteiger partial charge is 0.414 e. The minimum atomic E-state index is -0.637. The van der Waals surface area contributed by atoms with Crippen LogP contribution in [0.1, 0.15) is 0 Å². The first kappa shape index (κ1) is 19.6. The summed E-state index contributed by atoms with van der Waals surface area (Å²) < 4.78 is 24.8. The van der Waals surface area contributed by atoms with Crippen molar-refractivity contribution in [2.75, 3.05) is 47.9 Å². The lowest BCUT2D eigenvalue weighted by molar-refractivity contribution is -0.134. The Labute approximate surface area is 170 Å². The molecule has 158 valence electrons. The molecule has 1 atom stereocenters.